The molecule has 5 nitrogen and oxygen atoms in total. The molecule has 2 amide bonds. The van der Waals surface area contributed by atoms with E-state index in [-0.39, 0.29) is 6.54 Å². The number of carboxylic acids is 1. The Morgan fingerprint density at radius 3 is 2.42 bits per heavy atom. The molecule has 100 valence electrons. The van der Waals surface area contributed by atoms with Crippen molar-refractivity contribution >= 4 is 17.7 Å². The van der Waals surface area contributed by atoms with Crippen LogP contribution >= 0.6 is 0 Å². The molecule has 0 saturated carbocycles. The summed E-state index contributed by atoms with van der Waals surface area (Å²) in [6, 6.07) is 2.06. The summed E-state index contributed by atoms with van der Waals surface area (Å²) in [5.74, 6) is -1.15. The first kappa shape index (κ1) is 14.4. The highest BCUT2D eigenvalue weighted by Crippen LogP contribution is 2.18. The fourth-order valence-electron chi connectivity index (χ4n) is 1.28. The molecule has 1 rings (SSSR count). The number of hydrogen-bond acceptors (Lipinski definition) is 2. The summed E-state index contributed by atoms with van der Waals surface area (Å²) in [5, 5.41) is 10.5. The topological polar surface area (TPSA) is 69.6 Å². The quantitative estimate of drug-likeness (QED) is 0.813. The van der Waals surface area contributed by atoms with E-state index < -0.39 is 35.9 Å². The monoisotopic (exact) mass is 268 g/mol. The zero-order valence-corrected chi connectivity index (χ0v) is 9.69. The van der Waals surface area contributed by atoms with Crippen LogP contribution in [-0.2, 0) is 4.79 Å². The van der Waals surface area contributed by atoms with E-state index in [4.69, 9.17) is 11.5 Å². The number of urea groups is 1. The number of terminal acetylenes is 1. The van der Waals surface area contributed by atoms with Crippen LogP contribution in [0.2, 0.25) is 0 Å². The third-order valence-electron chi connectivity index (χ3n) is 2.09. The average Bonchev–Trinajstić information content (AvgIpc) is 2.32. The number of rotatable bonds is 4. The van der Waals surface area contributed by atoms with Crippen molar-refractivity contribution in [2.24, 2.45) is 0 Å². The van der Waals surface area contributed by atoms with Crippen molar-refractivity contribution in [3.63, 3.8) is 0 Å². The van der Waals surface area contributed by atoms with Crippen LogP contribution in [0.5, 0.6) is 0 Å². The highest BCUT2D eigenvalue weighted by atomic mass is 19.1. The normalized spacial score (nSPS) is 9.53. The Morgan fingerprint density at radius 2 is 1.95 bits per heavy atom. The number of benzene rings is 1. The van der Waals surface area contributed by atoms with Gasteiger partial charge in [-0.05, 0) is 12.1 Å². The Morgan fingerprint density at radius 1 is 1.37 bits per heavy atom. The lowest BCUT2D eigenvalue weighted by Gasteiger charge is -2.18. The second-order valence-electron chi connectivity index (χ2n) is 3.48. The molecule has 1 aromatic rings. The van der Waals surface area contributed by atoms with Crippen LogP contribution in [0, 0.1) is 24.0 Å². The molecule has 0 aliphatic carbocycles. The number of para-hydroxylation sites is 1. The molecule has 0 atom stereocenters. The van der Waals surface area contributed by atoms with Crippen molar-refractivity contribution in [2.45, 2.75) is 0 Å². The van der Waals surface area contributed by atoms with Crippen molar-refractivity contribution in [3.05, 3.63) is 29.8 Å². The molecule has 0 fully saturated rings. The number of carbonyl (C=O) groups is 2. The smallest absolute Gasteiger partial charge is 0.323 e. The second-order valence-corrected chi connectivity index (χ2v) is 3.48. The average molecular weight is 268 g/mol. The minimum absolute atomic E-state index is 0.297. The predicted molar refractivity (Wildman–Crippen MR) is 63.4 cm³/mol. The van der Waals surface area contributed by atoms with E-state index in [0.29, 0.717) is 0 Å². The number of halogens is 2. The Hall–Kier alpha value is -2.62. The van der Waals surface area contributed by atoms with Gasteiger partial charge >= 0.3 is 12.0 Å². The highest BCUT2D eigenvalue weighted by molar-refractivity contribution is 5.91. The Balaban J connectivity index is 2.87. The molecule has 0 heterocycles. The van der Waals surface area contributed by atoms with Crippen LogP contribution < -0.4 is 5.32 Å². The Bertz CT molecular complexity index is 520. The maximum absolute atomic E-state index is 13.3. The maximum atomic E-state index is 13.3. The molecule has 2 N–H and O–H groups in total. The van der Waals surface area contributed by atoms with Crippen molar-refractivity contribution < 1.29 is 23.5 Å². The van der Waals surface area contributed by atoms with Gasteiger partial charge in [-0.25, -0.2) is 13.6 Å². The van der Waals surface area contributed by atoms with Gasteiger partial charge in [-0.3, -0.25) is 4.79 Å². The summed E-state index contributed by atoms with van der Waals surface area (Å²) in [6.45, 7) is -0.972. The number of nitrogens with one attached hydrogen (secondary N) is 1. The lowest BCUT2D eigenvalue weighted by atomic mass is 10.3. The molecule has 0 saturated heterocycles. The van der Waals surface area contributed by atoms with E-state index in [2.05, 4.69) is 5.92 Å². The van der Waals surface area contributed by atoms with Crippen LogP contribution in [0.1, 0.15) is 0 Å². The van der Waals surface area contributed by atoms with Crippen molar-refractivity contribution in [1.29, 1.82) is 0 Å². The molecular formula is C12H10F2N2O3. The number of amides is 2. The number of nitrogens with zero attached hydrogens (tertiary/aromatic N) is 1. The SMILES string of the molecule is C#CCN(CC(=O)O)C(=O)Nc1c(F)cccc1F. The third-order valence-corrected chi connectivity index (χ3v) is 2.09. The number of carbonyl (C=O) groups excluding carboxylic acids is 1. The van der Waals surface area contributed by atoms with Gasteiger partial charge in [0.05, 0.1) is 6.54 Å². The van der Waals surface area contributed by atoms with E-state index in [1.807, 2.05) is 5.32 Å². The Kier molecular flexibility index (Phi) is 4.83. The van der Waals surface area contributed by atoms with Gasteiger partial charge in [0.25, 0.3) is 0 Å². The zero-order chi connectivity index (χ0) is 14.4. The van der Waals surface area contributed by atoms with Crippen LogP contribution in [-0.4, -0.2) is 35.1 Å². The first-order valence-electron chi connectivity index (χ1n) is 5.11. The Labute approximate surface area is 107 Å². The van der Waals surface area contributed by atoms with E-state index in [9.17, 15) is 18.4 Å². The third kappa shape index (κ3) is 3.96. The summed E-state index contributed by atoms with van der Waals surface area (Å²) in [6.07, 6.45) is 4.98. The molecule has 0 aliphatic rings. The number of hydrogen-bond donors (Lipinski definition) is 2. The number of aliphatic carboxylic acids is 1. The van der Waals surface area contributed by atoms with E-state index in [1.54, 1.807) is 0 Å². The van der Waals surface area contributed by atoms with E-state index in [1.165, 1.54) is 0 Å². The van der Waals surface area contributed by atoms with Gasteiger partial charge in [0.1, 0.15) is 23.9 Å². The van der Waals surface area contributed by atoms with Gasteiger partial charge in [-0.15, -0.1) is 6.42 Å². The van der Waals surface area contributed by atoms with Crippen molar-refractivity contribution in [1.82, 2.24) is 4.90 Å². The van der Waals surface area contributed by atoms with Gasteiger partial charge < -0.3 is 15.3 Å². The zero-order valence-electron chi connectivity index (χ0n) is 9.69. The molecule has 1 aromatic carbocycles. The van der Waals surface area contributed by atoms with E-state index in [0.717, 1.165) is 23.1 Å². The number of carboxylic acid groups (broad SMARTS) is 1. The fraction of sp³-hybridized carbons (Fsp3) is 0.167. The highest BCUT2D eigenvalue weighted by Gasteiger charge is 2.19. The molecular weight excluding hydrogens is 258 g/mol. The molecule has 7 heteroatoms. The largest absolute Gasteiger partial charge is 0.480 e. The summed E-state index contributed by atoms with van der Waals surface area (Å²) in [7, 11) is 0. The first-order chi connectivity index (χ1) is 8.95. The molecule has 0 aliphatic heterocycles. The van der Waals surface area contributed by atoms with Gasteiger partial charge in [-0.2, -0.15) is 0 Å². The van der Waals surface area contributed by atoms with Crippen molar-refractivity contribution in [3.8, 4) is 12.3 Å². The van der Waals surface area contributed by atoms with Crippen LogP contribution in [0.4, 0.5) is 19.3 Å². The second kappa shape index (κ2) is 6.35. The van der Waals surface area contributed by atoms with Gasteiger partial charge in [0.2, 0.25) is 0 Å². The summed E-state index contributed by atoms with van der Waals surface area (Å²) < 4.78 is 26.6. The minimum Gasteiger partial charge on any atom is -0.480 e. The van der Waals surface area contributed by atoms with Gasteiger partial charge in [0.15, 0.2) is 0 Å². The first-order valence-corrected chi connectivity index (χ1v) is 5.11. The standard InChI is InChI=1S/C12H10F2N2O3/c1-2-6-16(7-10(17)18)12(19)15-11-8(13)4-3-5-9(11)14/h1,3-5H,6-7H2,(H,15,19)(H,17,18). The molecule has 0 spiro atoms. The summed E-state index contributed by atoms with van der Waals surface area (Å²) >= 11 is 0. The van der Waals surface area contributed by atoms with Crippen molar-refractivity contribution in [2.75, 3.05) is 18.4 Å². The summed E-state index contributed by atoms with van der Waals surface area (Å²) in [5.41, 5.74) is -0.653. The van der Waals surface area contributed by atoms with Crippen LogP contribution in [0.15, 0.2) is 18.2 Å². The number of anilines is 1. The lowest BCUT2D eigenvalue weighted by Crippen LogP contribution is -2.39. The maximum Gasteiger partial charge on any atom is 0.323 e. The van der Waals surface area contributed by atoms with Crippen LogP contribution in [0.25, 0.3) is 0 Å². The molecule has 0 aromatic heterocycles. The summed E-state index contributed by atoms with van der Waals surface area (Å²) in [4.78, 5) is 22.9. The fourth-order valence-corrected chi connectivity index (χ4v) is 1.28. The van der Waals surface area contributed by atoms with E-state index >= 15 is 0 Å². The van der Waals surface area contributed by atoms with Crippen LogP contribution in [0.3, 0.4) is 0 Å². The molecule has 0 bridgehead atoms. The van der Waals surface area contributed by atoms with Gasteiger partial charge in [0, 0.05) is 0 Å². The minimum atomic E-state index is -1.29. The molecule has 0 radical (unpaired) electrons. The van der Waals surface area contributed by atoms with Gasteiger partial charge in [-0.1, -0.05) is 12.0 Å². The predicted octanol–water partition coefficient (Wildman–Crippen LogP) is 1.52. The molecule has 0 unspecified atom stereocenters. The lowest BCUT2D eigenvalue weighted by molar-refractivity contribution is -0.137. The molecule has 19 heavy (non-hydrogen) atoms.